The molecule has 5 N–H and O–H groups in total. The largest absolute Gasteiger partial charge is 0.449 e. The summed E-state index contributed by atoms with van der Waals surface area (Å²) in [6.45, 7) is 3.43. The second kappa shape index (κ2) is 9.65. The Labute approximate surface area is 150 Å². The van der Waals surface area contributed by atoms with E-state index in [0.717, 1.165) is 50.0 Å². The molecule has 2 aliphatic carbocycles. The van der Waals surface area contributed by atoms with Crippen LogP contribution in [0.15, 0.2) is 11.4 Å². The minimum Gasteiger partial charge on any atom is -0.449 e. The predicted molar refractivity (Wildman–Crippen MR) is 96.0 cm³/mol. The molecule has 2 aliphatic rings. The first kappa shape index (κ1) is 19.6. The second-order valence-corrected chi connectivity index (χ2v) is 7.09. The van der Waals surface area contributed by atoms with E-state index in [4.69, 9.17) is 16.3 Å². The molecule has 0 spiro atoms. The first-order valence-electron chi connectivity index (χ1n) is 9.42. The molecular weight excluding hydrogens is 320 g/mol. The molecular formula is C18H32N4O3. The molecule has 1 amide bonds. The number of carbonyl (C=O) groups excluding carboxylic acids is 2. The van der Waals surface area contributed by atoms with Gasteiger partial charge >= 0.3 is 6.09 Å². The number of carbonyl (C=O) groups is 2. The van der Waals surface area contributed by atoms with Crippen molar-refractivity contribution < 1.29 is 14.3 Å². The molecule has 0 radical (unpaired) electrons. The van der Waals surface area contributed by atoms with Crippen LogP contribution in [-0.2, 0) is 9.53 Å². The summed E-state index contributed by atoms with van der Waals surface area (Å²) in [5, 5.41) is 4.23. The van der Waals surface area contributed by atoms with Crippen molar-refractivity contribution in [1.82, 2.24) is 10.3 Å². The Morgan fingerprint density at radius 3 is 2.72 bits per heavy atom. The van der Waals surface area contributed by atoms with Crippen molar-refractivity contribution in [2.24, 2.45) is 29.3 Å². The molecule has 0 bridgehead atoms. The zero-order valence-electron chi connectivity index (χ0n) is 15.2. The number of fused-ring (bicyclic) bond motifs is 1. The Balaban J connectivity index is 1.79. The van der Waals surface area contributed by atoms with Crippen LogP contribution in [0.3, 0.4) is 0 Å². The van der Waals surface area contributed by atoms with Crippen molar-refractivity contribution in [1.29, 1.82) is 0 Å². The van der Waals surface area contributed by atoms with Gasteiger partial charge in [0.1, 0.15) is 6.29 Å². The SMILES string of the molecule is CCCCCN(N)/C1=C(\N)CCC2C(CC1)C2COC(=O)NCC=O. The predicted octanol–water partition coefficient (Wildman–Crippen LogP) is 1.88. The number of ether oxygens (including phenoxy) is 1. The van der Waals surface area contributed by atoms with Gasteiger partial charge in [0.2, 0.25) is 0 Å². The van der Waals surface area contributed by atoms with Gasteiger partial charge in [-0.25, -0.2) is 10.6 Å². The Bertz CT molecular complexity index is 495. The number of unbranched alkanes of at least 4 members (excludes halogenated alkanes) is 2. The van der Waals surface area contributed by atoms with E-state index in [1.165, 1.54) is 12.8 Å². The molecule has 1 fully saturated rings. The van der Waals surface area contributed by atoms with Crippen LogP contribution in [0, 0.1) is 17.8 Å². The number of allylic oxidation sites excluding steroid dienone is 2. The number of rotatable bonds is 9. The number of amides is 1. The zero-order chi connectivity index (χ0) is 18.2. The molecule has 3 atom stereocenters. The van der Waals surface area contributed by atoms with Gasteiger partial charge in [-0.2, -0.15) is 0 Å². The van der Waals surface area contributed by atoms with Crippen LogP contribution in [-0.4, -0.2) is 37.1 Å². The molecule has 1 saturated carbocycles. The van der Waals surface area contributed by atoms with E-state index in [-0.39, 0.29) is 6.54 Å². The van der Waals surface area contributed by atoms with Gasteiger partial charge in [0.25, 0.3) is 0 Å². The third-order valence-electron chi connectivity index (χ3n) is 5.43. The molecule has 7 nitrogen and oxygen atoms in total. The number of nitrogens with two attached hydrogens (primary N) is 2. The summed E-state index contributed by atoms with van der Waals surface area (Å²) in [7, 11) is 0. The first-order valence-corrected chi connectivity index (χ1v) is 9.42. The maximum absolute atomic E-state index is 11.5. The fourth-order valence-corrected chi connectivity index (χ4v) is 3.90. The van der Waals surface area contributed by atoms with Crippen molar-refractivity contribution in [2.75, 3.05) is 19.7 Å². The van der Waals surface area contributed by atoms with Crippen LogP contribution in [0.4, 0.5) is 4.79 Å². The number of nitrogens with zero attached hydrogens (tertiary/aromatic N) is 1. The van der Waals surface area contributed by atoms with E-state index in [0.29, 0.717) is 30.6 Å². The van der Waals surface area contributed by atoms with Crippen LogP contribution in [0.5, 0.6) is 0 Å². The van der Waals surface area contributed by atoms with Crippen molar-refractivity contribution in [3.05, 3.63) is 11.4 Å². The molecule has 0 heterocycles. The summed E-state index contributed by atoms with van der Waals surface area (Å²) >= 11 is 0. The molecule has 0 aliphatic heterocycles. The molecule has 0 aromatic rings. The van der Waals surface area contributed by atoms with Gasteiger partial charge in [0.15, 0.2) is 0 Å². The number of hydrogen-bond acceptors (Lipinski definition) is 6. The molecule has 2 rings (SSSR count). The number of aldehydes is 1. The van der Waals surface area contributed by atoms with Crippen LogP contribution in [0.25, 0.3) is 0 Å². The van der Waals surface area contributed by atoms with E-state index in [2.05, 4.69) is 12.2 Å². The van der Waals surface area contributed by atoms with Gasteiger partial charge in [-0.15, -0.1) is 0 Å². The minimum atomic E-state index is -0.520. The third-order valence-corrected chi connectivity index (χ3v) is 5.43. The van der Waals surface area contributed by atoms with Gasteiger partial charge in [-0.05, 0) is 49.9 Å². The highest BCUT2D eigenvalue weighted by atomic mass is 16.5. The van der Waals surface area contributed by atoms with Gasteiger partial charge in [0, 0.05) is 17.9 Å². The topological polar surface area (TPSA) is 111 Å². The summed E-state index contributed by atoms with van der Waals surface area (Å²) in [5.74, 6) is 7.78. The van der Waals surface area contributed by atoms with E-state index in [1.54, 1.807) is 0 Å². The molecule has 0 saturated heterocycles. The molecule has 3 unspecified atom stereocenters. The molecule has 0 aromatic heterocycles. The fraction of sp³-hybridized carbons (Fsp3) is 0.778. The van der Waals surface area contributed by atoms with E-state index < -0.39 is 6.09 Å². The average molecular weight is 352 g/mol. The number of hydrogen-bond donors (Lipinski definition) is 3. The fourth-order valence-electron chi connectivity index (χ4n) is 3.90. The number of alkyl carbamates (subject to hydrolysis) is 1. The average Bonchev–Trinajstić information content (AvgIpc) is 3.25. The highest BCUT2D eigenvalue weighted by molar-refractivity contribution is 5.70. The molecule has 7 heteroatoms. The second-order valence-electron chi connectivity index (χ2n) is 7.09. The molecule has 25 heavy (non-hydrogen) atoms. The number of nitrogens with one attached hydrogen (secondary N) is 1. The molecule has 0 aromatic carbocycles. The van der Waals surface area contributed by atoms with Crippen molar-refractivity contribution in [3.63, 3.8) is 0 Å². The van der Waals surface area contributed by atoms with Gasteiger partial charge in [-0.3, -0.25) is 0 Å². The lowest BCUT2D eigenvalue weighted by atomic mass is 10.0. The Hall–Kier alpha value is -1.76. The summed E-state index contributed by atoms with van der Waals surface area (Å²) in [6.07, 6.45) is 7.36. The van der Waals surface area contributed by atoms with Gasteiger partial charge in [-0.1, -0.05) is 19.8 Å². The highest BCUT2D eigenvalue weighted by Gasteiger charge is 2.50. The van der Waals surface area contributed by atoms with Crippen molar-refractivity contribution >= 4 is 12.4 Å². The minimum absolute atomic E-state index is 0.00939. The van der Waals surface area contributed by atoms with E-state index in [9.17, 15) is 9.59 Å². The van der Waals surface area contributed by atoms with E-state index >= 15 is 0 Å². The van der Waals surface area contributed by atoms with E-state index in [1.807, 2.05) is 5.01 Å². The summed E-state index contributed by atoms with van der Waals surface area (Å²) in [5.41, 5.74) is 8.28. The smallest absolute Gasteiger partial charge is 0.407 e. The Morgan fingerprint density at radius 2 is 2.04 bits per heavy atom. The van der Waals surface area contributed by atoms with Crippen molar-refractivity contribution in [2.45, 2.75) is 51.9 Å². The lowest BCUT2D eigenvalue weighted by Gasteiger charge is -2.25. The molecule has 142 valence electrons. The highest BCUT2D eigenvalue weighted by Crippen LogP contribution is 2.53. The summed E-state index contributed by atoms with van der Waals surface area (Å²) in [4.78, 5) is 21.7. The van der Waals surface area contributed by atoms with Crippen LogP contribution >= 0.6 is 0 Å². The summed E-state index contributed by atoms with van der Waals surface area (Å²) in [6, 6.07) is 0. The monoisotopic (exact) mass is 352 g/mol. The lowest BCUT2D eigenvalue weighted by molar-refractivity contribution is -0.107. The number of hydrazine groups is 1. The van der Waals surface area contributed by atoms with Crippen LogP contribution in [0.2, 0.25) is 0 Å². The Morgan fingerprint density at radius 1 is 1.32 bits per heavy atom. The summed E-state index contributed by atoms with van der Waals surface area (Å²) < 4.78 is 5.22. The standard InChI is InChI=1S/C18H32N4O3/c1-2-3-4-10-22(20)17-8-6-14-13(5-7-16(17)19)15(14)12-25-18(24)21-9-11-23/h11,13-15H,2-10,12,19-20H2,1H3,(H,21,24)/b17-16-. The van der Waals surface area contributed by atoms with Crippen LogP contribution < -0.4 is 16.9 Å². The van der Waals surface area contributed by atoms with Gasteiger partial charge < -0.3 is 25.6 Å². The quantitative estimate of drug-likeness (QED) is 0.253. The van der Waals surface area contributed by atoms with Crippen LogP contribution in [0.1, 0.15) is 51.9 Å². The third kappa shape index (κ3) is 5.63. The maximum Gasteiger partial charge on any atom is 0.407 e. The maximum atomic E-state index is 11.5. The first-order chi connectivity index (χ1) is 12.1. The zero-order valence-corrected chi connectivity index (χ0v) is 15.2. The Kier molecular flexibility index (Phi) is 7.55. The van der Waals surface area contributed by atoms with Gasteiger partial charge in [0.05, 0.1) is 13.2 Å². The normalized spacial score (nSPS) is 28.3. The lowest BCUT2D eigenvalue weighted by Crippen LogP contribution is -2.33. The van der Waals surface area contributed by atoms with Crippen molar-refractivity contribution in [3.8, 4) is 0 Å².